The number of hydrogen-bond acceptors (Lipinski definition) is 4. The van der Waals surface area contributed by atoms with Crippen molar-refractivity contribution in [1.82, 2.24) is 14.5 Å². The van der Waals surface area contributed by atoms with Gasteiger partial charge in [0.15, 0.2) is 11.4 Å². The average Bonchev–Trinajstić information content (AvgIpc) is 3.07. The third-order valence-corrected chi connectivity index (χ3v) is 3.66. The van der Waals surface area contributed by atoms with Crippen LogP contribution in [0.5, 0.6) is 0 Å². The molecular weight excluding hydrogens is 298 g/mol. The summed E-state index contributed by atoms with van der Waals surface area (Å²) in [5.74, 6) is -1.14. The van der Waals surface area contributed by atoms with Crippen molar-refractivity contribution in [2.75, 3.05) is 7.05 Å². The van der Waals surface area contributed by atoms with Gasteiger partial charge in [0, 0.05) is 25.9 Å². The third kappa shape index (κ3) is 2.57. The molecular formula is C16H15N3O4. The fourth-order valence-electron chi connectivity index (χ4n) is 2.47. The van der Waals surface area contributed by atoms with Crippen LogP contribution in [0.1, 0.15) is 20.8 Å². The standard InChI is InChI=1S/C16H15N3O4/c1-17-15(21)12-7-10(8-18(12)2)13(20)9-19-11-5-3-4-6-14(11)23-16(19)22/h3-8H,9H2,1-2H3,(H,17,21). The summed E-state index contributed by atoms with van der Waals surface area (Å²) in [4.78, 5) is 36.0. The molecule has 2 aromatic heterocycles. The first-order valence-corrected chi connectivity index (χ1v) is 7.01. The molecule has 3 aromatic rings. The summed E-state index contributed by atoms with van der Waals surface area (Å²) in [5.41, 5.74) is 1.74. The highest BCUT2D eigenvalue weighted by atomic mass is 16.4. The van der Waals surface area contributed by atoms with E-state index in [1.165, 1.54) is 17.7 Å². The molecule has 3 rings (SSSR count). The molecule has 7 heteroatoms. The van der Waals surface area contributed by atoms with Crippen molar-refractivity contribution in [2.24, 2.45) is 7.05 Å². The number of aromatic nitrogens is 2. The van der Waals surface area contributed by atoms with Gasteiger partial charge in [0.2, 0.25) is 0 Å². The topological polar surface area (TPSA) is 86.2 Å². The monoisotopic (exact) mass is 313 g/mol. The second-order valence-electron chi connectivity index (χ2n) is 5.15. The molecule has 7 nitrogen and oxygen atoms in total. The molecule has 118 valence electrons. The van der Waals surface area contributed by atoms with Gasteiger partial charge in [-0.1, -0.05) is 12.1 Å². The summed E-state index contributed by atoms with van der Waals surface area (Å²) >= 11 is 0. The number of hydrogen-bond donors (Lipinski definition) is 1. The Balaban J connectivity index is 1.94. The van der Waals surface area contributed by atoms with E-state index >= 15 is 0 Å². The molecule has 0 fully saturated rings. The first-order chi connectivity index (χ1) is 11.0. The molecule has 0 spiro atoms. The molecule has 2 heterocycles. The number of carbonyl (C=O) groups excluding carboxylic acids is 2. The number of fused-ring (bicyclic) bond motifs is 1. The Bertz CT molecular complexity index is 961. The van der Waals surface area contributed by atoms with Crippen molar-refractivity contribution < 1.29 is 14.0 Å². The number of benzene rings is 1. The summed E-state index contributed by atoms with van der Waals surface area (Å²) in [6.07, 6.45) is 1.57. The first-order valence-electron chi connectivity index (χ1n) is 7.01. The van der Waals surface area contributed by atoms with Crippen LogP contribution in [-0.4, -0.2) is 27.9 Å². The lowest BCUT2D eigenvalue weighted by atomic mass is 10.2. The van der Waals surface area contributed by atoms with E-state index in [1.807, 2.05) is 0 Å². The maximum Gasteiger partial charge on any atom is 0.420 e. The van der Waals surface area contributed by atoms with Crippen LogP contribution in [0.3, 0.4) is 0 Å². The average molecular weight is 313 g/mol. The predicted octanol–water partition coefficient (Wildman–Crippen LogP) is 1.18. The van der Waals surface area contributed by atoms with Crippen molar-refractivity contribution in [1.29, 1.82) is 0 Å². The predicted molar refractivity (Wildman–Crippen MR) is 83.6 cm³/mol. The molecule has 0 radical (unpaired) electrons. The zero-order valence-electron chi connectivity index (χ0n) is 12.7. The number of carbonyl (C=O) groups is 2. The molecule has 1 amide bonds. The van der Waals surface area contributed by atoms with E-state index in [1.54, 1.807) is 42.1 Å². The van der Waals surface area contributed by atoms with E-state index in [4.69, 9.17) is 4.42 Å². The zero-order valence-corrected chi connectivity index (χ0v) is 12.7. The van der Waals surface area contributed by atoms with E-state index in [0.29, 0.717) is 22.4 Å². The molecule has 1 aromatic carbocycles. The molecule has 23 heavy (non-hydrogen) atoms. The van der Waals surface area contributed by atoms with E-state index in [2.05, 4.69) is 5.32 Å². The Morgan fingerprint density at radius 3 is 2.74 bits per heavy atom. The van der Waals surface area contributed by atoms with Crippen LogP contribution in [0.4, 0.5) is 0 Å². The quantitative estimate of drug-likeness (QED) is 0.733. The molecule has 0 unspecified atom stereocenters. The van der Waals surface area contributed by atoms with Gasteiger partial charge in [-0.25, -0.2) is 4.79 Å². The highest BCUT2D eigenvalue weighted by Gasteiger charge is 2.17. The van der Waals surface area contributed by atoms with E-state index in [0.717, 1.165) is 0 Å². The zero-order chi connectivity index (χ0) is 16.6. The third-order valence-electron chi connectivity index (χ3n) is 3.66. The Morgan fingerprint density at radius 1 is 1.26 bits per heavy atom. The van der Waals surface area contributed by atoms with Crippen molar-refractivity contribution in [2.45, 2.75) is 6.54 Å². The lowest BCUT2D eigenvalue weighted by Crippen LogP contribution is -2.20. The van der Waals surface area contributed by atoms with Gasteiger partial charge >= 0.3 is 5.76 Å². The number of Topliss-reactive ketones (excluding diaryl/α,β-unsaturated/α-hetero) is 1. The van der Waals surface area contributed by atoms with Gasteiger partial charge in [-0.2, -0.15) is 0 Å². The minimum Gasteiger partial charge on any atom is -0.408 e. The van der Waals surface area contributed by atoms with Gasteiger partial charge in [0.25, 0.3) is 5.91 Å². The largest absolute Gasteiger partial charge is 0.420 e. The van der Waals surface area contributed by atoms with E-state index in [-0.39, 0.29) is 18.2 Å². The van der Waals surface area contributed by atoms with Crippen LogP contribution in [0.25, 0.3) is 11.1 Å². The van der Waals surface area contributed by atoms with E-state index in [9.17, 15) is 14.4 Å². The Kier molecular flexibility index (Phi) is 3.61. The van der Waals surface area contributed by atoms with Crippen molar-refractivity contribution in [3.63, 3.8) is 0 Å². The molecule has 0 saturated carbocycles. The van der Waals surface area contributed by atoms with Crippen LogP contribution >= 0.6 is 0 Å². The molecule has 0 aliphatic carbocycles. The maximum absolute atomic E-state index is 12.4. The number of para-hydroxylation sites is 2. The number of nitrogens with zero attached hydrogens (tertiary/aromatic N) is 2. The van der Waals surface area contributed by atoms with Gasteiger partial charge in [-0.05, 0) is 18.2 Å². The normalized spacial score (nSPS) is 10.9. The first kappa shape index (κ1) is 14.8. The number of rotatable bonds is 4. The van der Waals surface area contributed by atoms with Gasteiger partial charge in [0.05, 0.1) is 12.1 Å². The van der Waals surface area contributed by atoms with Crippen LogP contribution in [0.15, 0.2) is 45.7 Å². The maximum atomic E-state index is 12.4. The second kappa shape index (κ2) is 5.60. The van der Waals surface area contributed by atoms with Crippen LogP contribution in [0.2, 0.25) is 0 Å². The highest BCUT2D eigenvalue weighted by Crippen LogP contribution is 2.14. The summed E-state index contributed by atoms with van der Waals surface area (Å²) in [6, 6.07) is 8.42. The van der Waals surface area contributed by atoms with Crippen molar-refractivity contribution in [3.8, 4) is 0 Å². The van der Waals surface area contributed by atoms with Crippen molar-refractivity contribution >= 4 is 22.8 Å². The number of aryl methyl sites for hydroxylation is 1. The Morgan fingerprint density at radius 2 is 2.00 bits per heavy atom. The van der Waals surface area contributed by atoms with Gasteiger partial charge < -0.3 is 14.3 Å². The summed E-state index contributed by atoms with van der Waals surface area (Å²) in [7, 11) is 3.20. The fraction of sp³-hybridized carbons (Fsp3) is 0.188. The van der Waals surface area contributed by atoms with Crippen LogP contribution < -0.4 is 11.1 Å². The number of ketones is 1. The molecule has 0 bridgehead atoms. The summed E-state index contributed by atoms with van der Waals surface area (Å²) < 4.78 is 7.96. The number of amides is 1. The lowest BCUT2D eigenvalue weighted by molar-refractivity contribution is 0.0954. The number of nitrogens with one attached hydrogen (secondary N) is 1. The smallest absolute Gasteiger partial charge is 0.408 e. The minimum atomic E-state index is -0.581. The lowest BCUT2D eigenvalue weighted by Gasteiger charge is -1.99. The SMILES string of the molecule is CNC(=O)c1cc(C(=O)Cn2c(=O)oc3ccccc32)cn1C. The summed E-state index contributed by atoms with van der Waals surface area (Å²) in [5, 5.41) is 2.51. The van der Waals surface area contributed by atoms with Crippen LogP contribution in [-0.2, 0) is 13.6 Å². The van der Waals surface area contributed by atoms with Crippen LogP contribution in [0, 0.1) is 0 Å². The fourth-order valence-corrected chi connectivity index (χ4v) is 2.47. The molecule has 1 N–H and O–H groups in total. The minimum absolute atomic E-state index is 0.146. The van der Waals surface area contributed by atoms with Gasteiger partial charge in [-0.15, -0.1) is 0 Å². The molecule has 0 aliphatic heterocycles. The second-order valence-corrected chi connectivity index (χ2v) is 5.15. The summed E-state index contributed by atoms with van der Waals surface area (Å²) in [6.45, 7) is -0.146. The molecule has 0 atom stereocenters. The number of oxazole rings is 1. The van der Waals surface area contributed by atoms with Gasteiger partial charge in [-0.3, -0.25) is 14.2 Å². The Hall–Kier alpha value is -3.09. The van der Waals surface area contributed by atoms with E-state index < -0.39 is 5.76 Å². The molecule has 0 saturated heterocycles. The highest BCUT2D eigenvalue weighted by molar-refractivity contribution is 6.00. The van der Waals surface area contributed by atoms with Crippen molar-refractivity contribution in [3.05, 3.63) is 58.3 Å². The molecule has 0 aliphatic rings. The van der Waals surface area contributed by atoms with Gasteiger partial charge in [0.1, 0.15) is 5.69 Å². The Labute approximate surface area is 131 Å².